The summed E-state index contributed by atoms with van der Waals surface area (Å²) in [6.07, 6.45) is 0.670. The Hall–Kier alpha value is -3.40. The molecule has 0 saturated heterocycles. The lowest BCUT2D eigenvalue weighted by molar-refractivity contribution is 0.415. The van der Waals surface area contributed by atoms with Crippen LogP contribution in [0, 0.1) is 0 Å². The number of methoxy groups -OCH3 is 1. The van der Waals surface area contributed by atoms with E-state index in [1.807, 2.05) is 79.7 Å². The van der Waals surface area contributed by atoms with E-state index in [1.165, 1.54) is 0 Å². The van der Waals surface area contributed by atoms with Gasteiger partial charge in [0, 0.05) is 6.42 Å². The normalized spacial score (nSPS) is 10.9. The molecule has 0 aliphatic carbocycles. The number of para-hydroxylation sites is 1. The number of hydrogen-bond donors (Lipinski definition) is 0. The average molecular weight is 356 g/mol. The highest BCUT2D eigenvalue weighted by atomic mass is 16.5. The van der Waals surface area contributed by atoms with E-state index < -0.39 is 0 Å². The molecule has 27 heavy (non-hydrogen) atoms. The molecule has 0 saturated carbocycles. The van der Waals surface area contributed by atoms with Gasteiger partial charge < -0.3 is 4.74 Å². The summed E-state index contributed by atoms with van der Waals surface area (Å²) in [5.74, 6) is 1.51. The Morgan fingerprint density at radius 3 is 2.48 bits per heavy atom. The molecule has 4 aromatic rings. The van der Waals surface area contributed by atoms with Gasteiger partial charge in [0.15, 0.2) is 0 Å². The number of nitrogens with zero attached hydrogens (tertiary/aromatic N) is 2. The van der Waals surface area contributed by atoms with Crippen molar-refractivity contribution in [3.05, 3.63) is 89.0 Å². The first kappa shape index (κ1) is 17.0. The summed E-state index contributed by atoms with van der Waals surface area (Å²) in [4.78, 5) is 18.3. The molecule has 4 heteroatoms. The fourth-order valence-corrected chi connectivity index (χ4v) is 3.39. The van der Waals surface area contributed by atoms with Crippen LogP contribution in [0.3, 0.4) is 0 Å². The molecule has 4 nitrogen and oxygen atoms in total. The van der Waals surface area contributed by atoms with Crippen LogP contribution in [-0.2, 0) is 6.42 Å². The highest BCUT2D eigenvalue weighted by Crippen LogP contribution is 2.29. The number of fused-ring (bicyclic) bond motifs is 1. The monoisotopic (exact) mass is 356 g/mol. The van der Waals surface area contributed by atoms with Gasteiger partial charge >= 0.3 is 0 Å². The Balaban J connectivity index is 2.07. The van der Waals surface area contributed by atoms with Crippen molar-refractivity contribution >= 4 is 10.9 Å². The zero-order valence-corrected chi connectivity index (χ0v) is 15.3. The van der Waals surface area contributed by atoms with Crippen molar-refractivity contribution in [2.45, 2.75) is 13.3 Å². The largest absolute Gasteiger partial charge is 0.497 e. The maximum atomic E-state index is 13.5. The zero-order chi connectivity index (χ0) is 18.8. The lowest BCUT2D eigenvalue weighted by Gasteiger charge is -2.14. The Labute approximate surface area is 157 Å². The summed E-state index contributed by atoms with van der Waals surface area (Å²) < 4.78 is 7.06. The Kier molecular flexibility index (Phi) is 4.47. The van der Waals surface area contributed by atoms with E-state index in [2.05, 4.69) is 0 Å². The Morgan fingerprint density at radius 1 is 0.963 bits per heavy atom. The van der Waals surface area contributed by atoms with Gasteiger partial charge in [-0.25, -0.2) is 4.98 Å². The van der Waals surface area contributed by atoms with E-state index >= 15 is 0 Å². The van der Waals surface area contributed by atoms with E-state index in [-0.39, 0.29) is 5.56 Å². The van der Waals surface area contributed by atoms with E-state index in [9.17, 15) is 4.79 Å². The van der Waals surface area contributed by atoms with Gasteiger partial charge in [-0.1, -0.05) is 49.4 Å². The maximum absolute atomic E-state index is 13.5. The quantitative estimate of drug-likeness (QED) is 0.536. The average Bonchev–Trinajstić information content (AvgIpc) is 2.73. The van der Waals surface area contributed by atoms with Crippen LogP contribution in [0.2, 0.25) is 0 Å². The van der Waals surface area contributed by atoms with Crippen molar-refractivity contribution < 1.29 is 4.74 Å². The van der Waals surface area contributed by atoms with Gasteiger partial charge in [0.05, 0.1) is 23.7 Å². The third kappa shape index (κ3) is 2.99. The molecule has 3 aromatic carbocycles. The molecule has 4 rings (SSSR count). The Bertz CT molecular complexity index is 1160. The standard InChI is InChI=1S/C23H20N2O2/c1-3-21-24-20-14-8-13-19(16-9-7-12-18(15-16)27-2)22(20)23(26)25(21)17-10-5-4-6-11-17/h4-15H,3H2,1-2H3. The highest BCUT2D eigenvalue weighted by Gasteiger charge is 2.15. The molecule has 0 aliphatic rings. The minimum absolute atomic E-state index is 0.0542. The molecule has 0 spiro atoms. The van der Waals surface area contributed by atoms with Crippen LogP contribution < -0.4 is 10.3 Å². The third-order valence-electron chi connectivity index (χ3n) is 4.68. The van der Waals surface area contributed by atoms with E-state index in [1.54, 1.807) is 11.7 Å². The van der Waals surface area contributed by atoms with E-state index in [0.29, 0.717) is 17.3 Å². The molecule has 0 radical (unpaired) electrons. The molecule has 0 unspecified atom stereocenters. The summed E-state index contributed by atoms with van der Waals surface area (Å²) in [7, 11) is 1.64. The highest BCUT2D eigenvalue weighted by molar-refractivity contribution is 5.94. The van der Waals surface area contributed by atoms with Crippen molar-refractivity contribution in [1.29, 1.82) is 0 Å². The molecule has 1 aromatic heterocycles. The van der Waals surface area contributed by atoms with Crippen molar-refractivity contribution in [3.8, 4) is 22.6 Å². The number of ether oxygens (including phenoxy) is 1. The molecule has 0 fully saturated rings. The van der Waals surface area contributed by atoms with Crippen molar-refractivity contribution in [2.24, 2.45) is 0 Å². The minimum Gasteiger partial charge on any atom is -0.497 e. The van der Waals surface area contributed by atoms with Crippen LogP contribution in [0.15, 0.2) is 77.6 Å². The molecule has 0 amide bonds. The van der Waals surface area contributed by atoms with Crippen molar-refractivity contribution in [2.75, 3.05) is 7.11 Å². The maximum Gasteiger partial charge on any atom is 0.266 e. The molecular formula is C23H20N2O2. The van der Waals surface area contributed by atoms with Gasteiger partial charge in [-0.15, -0.1) is 0 Å². The van der Waals surface area contributed by atoms with Crippen LogP contribution in [0.25, 0.3) is 27.7 Å². The summed E-state index contributed by atoms with van der Waals surface area (Å²) in [6, 6.07) is 23.2. The predicted octanol–water partition coefficient (Wildman–Crippen LogP) is 4.62. The second-order valence-electron chi connectivity index (χ2n) is 6.29. The number of rotatable bonds is 4. The van der Waals surface area contributed by atoms with Crippen LogP contribution in [0.4, 0.5) is 0 Å². The van der Waals surface area contributed by atoms with Crippen LogP contribution in [0.5, 0.6) is 5.75 Å². The van der Waals surface area contributed by atoms with Gasteiger partial charge in [0.2, 0.25) is 0 Å². The number of benzene rings is 3. The summed E-state index contributed by atoms with van der Waals surface area (Å²) in [5.41, 5.74) is 3.28. The van der Waals surface area contributed by atoms with Crippen molar-refractivity contribution in [1.82, 2.24) is 9.55 Å². The minimum atomic E-state index is -0.0542. The van der Waals surface area contributed by atoms with E-state index in [4.69, 9.17) is 9.72 Å². The second kappa shape index (κ2) is 7.08. The first-order valence-corrected chi connectivity index (χ1v) is 8.97. The first-order valence-electron chi connectivity index (χ1n) is 8.97. The third-order valence-corrected chi connectivity index (χ3v) is 4.68. The van der Waals surface area contributed by atoms with Gasteiger partial charge in [-0.05, 0) is 41.5 Å². The number of aromatic nitrogens is 2. The SMILES string of the molecule is CCc1nc2cccc(-c3cccc(OC)c3)c2c(=O)n1-c1ccccc1. The summed E-state index contributed by atoms with van der Waals surface area (Å²) in [6.45, 7) is 2.01. The zero-order valence-electron chi connectivity index (χ0n) is 15.3. The van der Waals surface area contributed by atoms with Gasteiger partial charge in [0.25, 0.3) is 5.56 Å². The molecule has 1 heterocycles. The van der Waals surface area contributed by atoms with Crippen LogP contribution >= 0.6 is 0 Å². The van der Waals surface area contributed by atoms with Gasteiger partial charge in [-0.3, -0.25) is 9.36 Å². The lowest BCUT2D eigenvalue weighted by atomic mass is 10.0. The lowest BCUT2D eigenvalue weighted by Crippen LogP contribution is -2.24. The van der Waals surface area contributed by atoms with Crippen LogP contribution in [-0.4, -0.2) is 16.7 Å². The smallest absolute Gasteiger partial charge is 0.266 e. The predicted molar refractivity (Wildman–Crippen MR) is 109 cm³/mol. The van der Waals surface area contributed by atoms with Gasteiger partial charge in [0.1, 0.15) is 11.6 Å². The molecular weight excluding hydrogens is 336 g/mol. The van der Waals surface area contributed by atoms with E-state index in [0.717, 1.165) is 28.4 Å². The van der Waals surface area contributed by atoms with Crippen molar-refractivity contribution in [3.63, 3.8) is 0 Å². The molecule has 0 bridgehead atoms. The molecule has 134 valence electrons. The number of aryl methyl sites for hydroxylation is 1. The molecule has 0 aliphatic heterocycles. The summed E-state index contributed by atoms with van der Waals surface area (Å²) >= 11 is 0. The van der Waals surface area contributed by atoms with Gasteiger partial charge in [-0.2, -0.15) is 0 Å². The molecule has 0 N–H and O–H groups in total. The topological polar surface area (TPSA) is 44.1 Å². The Morgan fingerprint density at radius 2 is 1.74 bits per heavy atom. The fourth-order valence-electron chi connectivity index (χ4n) is 3.39. The fraction of sp³-hybridized carbons (Fsp3) is 0.130. The second-order valence-corrected chi connectivity index (χ2v) is 6.29. The van der Waals surface area contributed by atoms with Crippen LogP contribution in [0.1, 0.15) is 12.7 Å². The molecule has 0 atom stereocenters. The first-order chi connectivity index (χ1) is 13.2. The number of hydrogen-bond acceptors (Lipinski definition) is 3. The summed E-state index contributed by atoms with van der Waals surface area (Å²) in [5, 5.41) is 0.617.